The lowest BCUT2D eigenvalue weighted by atomic mass is 9.93. The van der Waals surface area contributed by atoms with Gasteiger partial charge in [0, 0.05) is 0 Å². The summed E-state index contributed by atoms with van der Waals surface area (Å²) in [5, 5.41) is 19.1. The molecule has 0 aliphatic heterocycles. The fourth-order valence-corrected chi connectivity index (χ4v) is 3.45. The zero-order valence-electron chi connectivity index (χ0n) is 13.7. The Kier molecular flexibility index (Phi) is 3.39. The number of tetrazole rings is 1. The fraction of sp³-hybridized carbons (Fsp3) is 0.158. The second-order valence-corrected chi connectivity index (χ2v) is 6.88. The normalized spacial score (nSPS) is 15.1. The Balaban J connectivity index is 1.41. The van der Waals surface area contributed by atoms with Crippen molar-refractivity contribution in [3.05, 3.63) is 77.3 Å². The number of nitrogens with one attached hydrogen (secondary N) is 1. The van der Waals surface area contributed by atoms with Crippen molar-refractivity contribution >= 4 is 11.6 Å². The van der Waals surface area contributed by atoms with Crippen LogP contribution in [0.2, 0.25) is 5.02 Å². The number of aromatic nitrogens is 6. The van der Waals surface area contributed by atoms with Gasteiger partial charge in [0.15, 0.2) is 5.82 Å². The van der Waals surface area contributed by atoms with Gasteiger partial charge in [0.05, 0.1) is 22.3 Å². The molecule has 0 spiro atoms. The van der Waals surface area contributed by atoms with Gasteiger partial charge in [-0.2, -0.15) is 5.10 Å². The third kappa shape index (κ3) is 2.50. The van der Waals surface area contributed by atoms with Gasteiger partial charge in [-0.3, -0.25) is 0 Å². The van der Waals surface area contributed by atoms with Gasteiger partial charge in [-0.05, 0) is 52.1 Å². The molecule has 1 radical (unpaired) electrons. The van der Waals surface area contributed by atoms with Crippen LogP contribution in [0.1, 0.15) is 24.2 Å². The average Bonchev–Trinajstić information content (AvgIpc) is 3.09. The number of hydrogen-bond donors (Lipinski definition) is 1. The van der Waals surface area contributed by atoms with Gasteiger partial charge in [-0.1, -0.05) is 48.0 Å². The molecular formula is C19H14ClN6. The molecule has 7 heteroatoms. The minimum atomic E-state index is -0.0406. The van der Waals surface area contributed by atoms with E-state index in [4.69, 9.17) is 11.6 Å². The molecule has 127 valence electrons. The van der Waals surface area contributed by atoms with Crippen LogP contribution in [-0.4, -0.2) is 30.4 Å². The van der Waals surface area contributed by atoms with Gasteiger partial charge in [-0.25, -0.2) is 9.78 Å². The molecule has 0 atom stereocenters. The first-order chi connectivity index (χ1) is 12.7. The summed E-state index contributed by atoms with van der Waals surface area (Å²) in [5.41, 5.74) is 4.43. The quantitative estimate of drug-likeness (QED) is 0.603. The van der Waals surface area contributed by atoms with Crippen molar-refractivity contribution in [1.82, 2.24) is 30.4 Å². The highest BCUT2D eigenvalue weighted by atomic mass is 35.5. The van der Waals surface area contributed by atoms with Crippen molar-refractivity contribution < 1.29 is 0 Å². The molecule has 6 nitrogen and oxygen atoms in total. The lowest BCUT2D eigenvalue weighted by molar-refractivity contribution is 0.759. The SMILES string of the molecule is Clc1[c]n(-c2ccc(-c3ccc(C4(c5nnn[nH]5)CC4)cc3)cc2)nc1. The van der Waals surface area contributed by atoms with Crippen LogP contribution in [0.15, 0.2) is 54.7 Å². The summed E-state index contributed by atoms with van der Waals surface area (Å²) >= 11 is 5.88. The Morgan fingerprint density at radius 2 is 1.69 bits per heavy atom. The summed E-state index contributed by atoms with van der Waals surface area (Å²) in [4.78, 5) is 0. The highest BCUT2D eigenvalue weighted by Crippen LogP contribution is 2.52. The molecular weight excluding hydrogens is 348 g/mol. The summed E-state index contributed by atoms with van der Waals surface area (Å²) in [6.45, 7) is 0. The molecule has 5 rings (SSSR count). The van der Waals surface area contributed by atoms with E-state index in [1.54, 1.807) is 10.9 Å². The topological polar surface area (TPSA) is 72.3 Å². The Bertz CT molecular complexity index is 1030. The van der Waals surface area contributed by atoms with Crippen LogP contribution in [0.5, 0.6) is 0 Å². The number of halogens is 1. The molecule has 1 N–H and O–H groups in total. The van der Waals surface area contributed by atoms with Gasteiger partial charge in [-0.15, -0.1) is 5.10 Å². The van der Waals surface area contributed by atoms with Crippen molar-refractivity contribution in [2.45, 2.75) is 18.3 Å². The van der Waals surface area contributed by atoms with Crippen LogP contribution in [-0.2, 0) is 5.41 Å². The van der Waals surface area contributed by atoms with E-state index in [0.717, 1.165) is 35.5 Å². The Hall–Kier alpha value is -2.99. The predicted molar refractivity (Wildman–Crippen MR) is 97.0 cm³/mol. The van der Waals surface area contributed by atoms with Gasteiger partial charge >= 0.3 is 0 Å². The van der Waals surface area contributed by atoms with E-state index in [0.29, 0.717) is 5.02 Å². The molecule has 1 fully saturated rings. The molecule has 1 saturated carbocycles. The fourth-order valence-electron chi connectivity index (χ4n) is 3.32. The van der Waals surface area contributed by atoms with E-state index in [-0.39, 0.29) is 5.41 Å². The second kappa shape index (κ2) is 5.78. The van der Waals surface area contributed by atoms with Gasteiger partial charge in [0.2, 0.25) is 0 Å². The molecule has 26 heavy (non-hydrogen) atoms. The average molecular weight is 362 g/mol. The summed E-state index contributed by atoms with van der Waals surface area (Å²) in [6, 6.07) is 16.8. The first-order valence-electron chi connectivity index (χ1n) is 8.33. The van der Waals surface area contributed by atoms with E-state index in [1.807, 2.05) is 12.1 Å². The molecule has 0 unspecified atom stereocenters. The molecule has 1 aliphatic carbocycles. The van der Waals surface area contributed by atoms with Crippen molar-refractivity contribution in [2.24, 2.45) is 0 Å². The molecule has 2 aromatic heterocycles. The third-order valence-electron chi connectivity index (χ3n) is 4.93. The van der Waals surface area contributed by atoms with Crippen LogP contribution in [0, 0.1) is 6.20 Å². The van der Waals surface area contributed by atoms with Crippen molar-refractivity contribution in [2.75, 3.05) is 0 Å². The highest BCUT2D eigenvalue weighted by molar-refractivity contribution is 6.30. The first kappa shape index (κ1) is 15.3. The number of benzene rings is 2. The van der Waals surface area contributed by atoms with E-state index in [1.165, 1.54) is 5.56 Å². The number of nitrogens with zero attached hydrogens (tertiary/aromatic N) is 5. The largest absolute Gasteiger partial charge is 0.242 e. The first-order valence-corrected chi connectivity index (χ1v) is 8.71. The minimum absolute atomic E-state index is 0.0406. The predicted octanol–water partition coefficient (Wildman–Crippen LogP) is 3.59. The lowest BCUT2D eigenvalue weighted by Gasteiger charge is -2.12. The number of rotatable bonds is 4. The van der Waals surface area contributed by atoms with Crippen LogP contribution >= 0.6 is 11.6 Å². The number of hydrogen-bond acceptors (Lipinski definition) is 4. The highest BCUT2D eigenvalue weighted by Gasteiger charge is 2.49. The van der Waals surface area contributed by atoms with Crippen LogP contribution in [0.4, 0.5) is 0 Å². The molecule has 2 heterocycles. The molecule has 0 amide bonds. The summed E-state index contributed by atoms with van der Waals surface area (Å²) in [5.74, 6) is 0.851. The summed E-state index contributed by atoms with van der Waals surface area (Å²) in [7, 11) is 0. The number of aromatic amines is 1. The molecule has 2 aromatic carbocycles. The van der Waals surface area contributed by atoms with E-state index >= 15 is 0 Å². The summed E-state index contributed by atoms with van der Waals surface area (Å²) in [6.07, 6.45) is 6.66. The van der Waals surface area contributed by atoms with Crippen LogP contribution in [0.3, 0.4) is 0 Å². The van der Waals surface area contributed by atoms with E-state index < -0.39 is 0 Å². The van der Waals surface area contributed by atoms with Crippen molar-refractivity contribution in [3.63, 3.8) is 0 Å². The maximum absolute atomic E-state index is 5.88. The van der Waals surface area contributed by atoms with Gasteiger partial charge < -0.3 is 0 Å². The van der Waals surface area contributed by atoms with Gasteiger partial charge in [0.25, 0.3) is 0 Å². The molecule has 0 saturated heterocycles. The van der Waals surface area contributed by atoms with E-state index in [2.05, 4.69) is 68.3 Å². The maximum Gasteiger partial charge on any atom is 0.159 e. The molecule has 0 bridgehead atoms. The molecule has 1 aliphatic rings. The maximum atomic E-state index is 5.88. The lowest BCUT2D eigenvalue weighted by Crippen LogP contribution is -2.10. The summed E-state index contributed by atoms with van der Waals surface area (Å²) < 4.78 is 1.64. The number of H-pyrrole nitrogens is 1. The Labute approximate surface area is 154 Å². The van der Waals surface area contributed by atoms with Crippen LogP contribution in [0.25, 0.3) is 16.8 Å². The third-order valence-corrected chi connectivity index (χ3v) is 5.11. The van der Waals surface area contributed by atoms with E-state index in [9.17, 15) is 0 Å². The molecule has 4 aromatic rings. The van der Waals surface area contributed by atoms with Crippen molar-refractivity contribution in [3.8, 4) is 16.8 Å². The second-order valence-electron chi connectivity index (χ2n) is 6.47. The Morgan fingerprint density at radius 3 is 2.23 bits per heavy atom. The Morgan fingerprint density at radius 1 is 1.00 bits per heavy atom. The smallest absolute Gasteiger partial charge is 0.159 e. The standard InChI is InChI=1S/C19H14ClN6/c20-16-11-21-26(12-16)17-7-3-14(4-8-17)13-1-5-15(6-2-13)19(9-10-19)18-22-24-25-23-18/h1-8,11H,9-10H2,(H,22,23,24,25). The zero-order valence-corrected chi connectivity index (χ0v) is 14.5. The monoisotopic (exact) mass is 361 g/mol. The minimum Gasteiger partial charge on any atom is -0.242 e. The van der Waals surface area contributed by atoms with Crippen molar-refractivity contribution in [1.29, 1.82) is 0 Å². The zero-order chi connectivity index (χ0) is 17.6. The van der Waals surface area contributed by atoms with Gasteiger partial charge in [0.1, 0.15) is 6.20 Å². The van der Waals surface area contributed by atoms with Crippen LogP contribution < -0.4 is 0 Å².